The van der Waals surface area contributed by atoms with E-state index in [2.05, 4.69) is 15.0 Å². The van der Waals surface area contributed by atoms with E-state index in [4.69, 9.17) is 11.6 Å². The lowest BCUT2D eigenvalue weighted by molar-refractivity contribution is 1.10. The maximum absolute atomic E-state index is 5.69. The predicted molar refractivity (Wildman–Crippen MR) is 55.0 cm³/mol. The molecule has 0 atom stereocenters. The summed E-state index contributed by atoms with van der Waals surface area (Å²) in [6, 6.07) is 5.54. The molecule has 0 aromatic carbocycles. The molecule has 0 amide bonds. The van der Waals surface area contributed by atoms with Crippen molar-refractivity contribution in [3.63, 3.8) is 0 Å². The first-order valence-corrected chi connectivity index (χ1v) is 4.54. The Morgan fingerprint density at radius 1 is 1.14 bits per heavy atom. The zero-order chi connectivity index (χ0) is 9.97. The second-order valence-electron chi connectivity index (χ2n) is 2.91. The van der Waals surface area contributed by atoms with Crippen LogP contribution in [0.4, 0.5) is 0 Å². The lowest BCUT2D eigenvalue weighted by Gasteiger charge is -2.00. The molecule has 0 spiro atoms. The predicted octanol–water partition coefficient (Wildman–Crippen LogP) is 2.50. The van der Waals surface area contributed by atoms with E-state index in [9.17, 15) is 0 Å². The van der Waals surface area contributed by atoms with Crippen LogP contribution in [0.2, 0.25) is 5.15 Å². The number of nitrogens with zero attached hydrogens (tertiary/aromatic N) is 3. The van der Waals surface area contributed by atoms with Gasteiger partial charge in [0.1, 0.15) is 11.5 Å². The molecule has 0 radical (unpaired) electrons. The average Bonchev–Trinajstić information content (AvgIpc) is 2.19. The second-order valence-corrected chi connectivity index (χ2v) is 3.30. The van der Waals surface area contributed by atoms with Crippen LogP contribution in [0.3, 0.4) is 0 Å². The highest BCUT2D eigenvalue weighted by Gasteiger charge is 1.99. The van der Waals surface area contributed by atoms with E-state index in [0.717, 1.165) is 17.0 Å². The Balaban J connectivity index is 2.44. The van der Waals surface area contributed by atoms with Crippen LogP contribution in [-0.4, -0.2) is 15.0 Å². The fourth-order valence-corrected chi connectivity index (χ4v) is 1.25. The van der Waals surface area contributed by atoms with Gasteiger partial charge in [0, 0.05) is 17.5 Å². The Morgan fingerprint density at radius 2 is 2.00 bits per heavy atom. The average molecular weight is 206 g/mol. The molecule has 14 heavy (non-hydrogen) atoms. The quantitative estimate of drug-likeness (QED) is 0.672. The standard InChI is InChI=1S/C10H8ClN3/c1-7-4-9(14-6-13-7)8-2-3-10(11)12-5-8/h2-6H,1H3. The Bertz CT molecular complexity index is 439. The molecule has 0 aliphatic rings. The molecule has 0 saturated heterocycles. The third-order valence-electron chi connectivity index (χ3n) is 1.83. The fourth-order valence-electron chi connectivity index (χ4n) is 1.14. The number of rotatable bonds is 1. The van der Waals surface area contributed by atoms with E-state index in [1.54, 1.807) is 18.6 Å². The highest BCUT2D eigenvalue weighted by Crippen LogP contribution is 2.16. The van der Waals surface area contributed by atoms with Crippen molar-refractivity contribution >= 4 is 11.6 Å². The summed E-state index contributed by atoms with van der Waals surface area (Å²) in [5, 5.41) is 0.486. The SMILES string of the molecule is Cc1cc(-c2ccc(Cl)nc2)ncn1. The molecule has 3 nitrogen and oxygen atoms in total. The van der Waals surface area contributed by atoms with Crippen molar-refractivity contribution in [1.29, 1.82) is 0 Å². The lowest BCUT2D eigenvalue weighted by Crippen LogP contribution is -1.88. The van der Waals surface area contributed by atoms with Crippen LogP contribution in [0.5, 0.6) is 0 Å². The molecule has 0 bridgehead atoms. The molecule has 2 heterocycles. The minimum absolute atomic E-state index is 0.486. The van der Waals surface area contributed by atoms with E-state index in [1.165, 1.54) is 0 Å². The number of hydrogen-bond donors (Lipinski definition) is 0. The molecule has 0 aliphatic heterocycles. The van der Waals surface area contributed by atoms with Gasteiger partial charge in [-0.05, 0) is 25.1 Å². The molecule has 0 unspecified atom stereocenters. The molecule has 0 N–H and O–H groups in total. The van der Waals surface area contributed by atoms with Crippen molar-refractivity contribution in [2.45, 2.75) is 6.92 Å². The molecule has 2 rings (SSSR count). The summed E-state index contributed by atoms with van der Waals surface area (Å²) >= 11 is 5.69. The van der Waals surface area contributed by atoms with Gasteiger partial charge in [-0.3, -0.25) is 0 Å². The second kappa shape index (κ2) is 3.72. The van der Waals surface area contributed by atoms with Crippen LogP contribution < -0.4 is 0 Å². The van der Waals surface area contributed by atoms with Gasteiger partial charge in [-0.1, -0.05) is 11.6 Å². The van der Waals surface area contributed by atoms with Crippen molar-refractivity contribution in [2.24, 2.45) is 0 Å². The smallest absolute Gasteiger partial charge is 0.129 e. The van der Waals surface area contributed by atoms with Crippen LogP contribution in [0.15, 0.2) is 30.7 Å². The van der Waals surface area contributed by atoms with Gasteiger partial charge in [0.05, 0.1) is 5.69 Å². The van der Waals surface area contributed by atoms with Gasteiger partial charge < -0.3 is 0 Å². The fraction of sp³-hybridized carbons (Fsp3) is 0.100. The minimum Gasteiger partial charge on any atom is -0.244 e. The Morgan fingerprint density at radius 3 is 2.64 bits per heavy atom. The molecule has 0 aliphatic carbocycles. The summed E-state index contributed by atoms with van der Waals surface area (Å²) in [5.41, 5.74) is 2.74. The van der Waals surface area contributed by atoms with Crippen molar-refractivity contribution in [3.8, 4) is 11.3 Å². The molecule has 4 heteroatoms. The Kier molecular flexibility index (Phi) is 2.41. The van der Waals surface area contributed by atoms with Gasteiger partial charge in [0.25, 0.3) is 0 Å². The molecule has 70 valence electrons. The van der Waals surface area contributed by atoms with Crippen molar-refractivity contribution in [1.82, 2.24) is 15.0 Å². The summed E-state index contributed by atoms with van der Waals surface area (Å²) in [6.07, 6.45) is 3.24. The first-order valence-electron chi connectivity index (χ1n) is 4.16. The van der Waals surface area contributed by atoms with Crippen LogP contribution >= 0.6 is 11.6 Å². The number of aryl methyl sites for hydroxylation is 1. The molecule has 2 aromatic heterocycles. The number of pyridine rings is 1. The summed E-state index contributed by atoms with van der Waals surface area (Å²) < 4.78 is 0. The largest absolute Gasteiger partial charge is 0.244 e. The number of halogens is 1. The maximum Gasteiger partial charge on any atom is 0.129 e. The molecule has 2 aromatic rings. The first kappa shape index (κ1) is 9.09. The molecular formula is C10H8ClN3. The van der Waals surface area contributed by atoms with Crippen molar-refractivity contribution < 1.29 is 0 Å². The molecule has 0 saturated carbocycles. The summed E-state index contributed by atoms with van der Waals surface area (Å²) in [6.45, 7) is 1.93. The number of aromatic nitrogens is 3. The van der Waals surface area contributed by atoms with E-state index in [0.29, 0.717) is 5.15 Å². The van der Waals surface area contributed by atoms with Crippen LogP contribution in [0.25, 0.3) is 11.3 Å². The Hall–Kier alpha value is -1.48. The van der Waals surface area contributed by atoms with Gasteiger partial charge in [-0.2, -0.15) is 0 Å². The minimum atomic E-state index is 0.486. The summed E-state index contributed by atoms with van der Waals surface area (Å²) in [7, 11) is 0. The van der Waals surface area contributed by atoms with Gasteiger partial charge in [-0.15, -0.1) is 0 Å². The van der Waals surface area contributed by atoms with Crippen molar-refractivity contribution in [3.05, 3.63) is 41.6 Å². The van der Waals surface area contributed by atoms with Crippen molar-refractivity contribution in [2.75, 3.05) is 0 Å². The van der Waals surface area contributed by atoms with E-state index < -0.39 is 0 Å². The summed E-state index contributed by atoms with van der Waals surface area (Å²) in [4.78, 5) is 12.2. The maximum atomic E-state index is 5.69. The summed E-state index contributed by atoms with van der Waals surface area (Å²) in [5.74, 6) is 0. The molecular weight excluding hydrogens is 198 g/mol. The normalized spacial score (nSPS) is 10.1. The van der Waals surface area contributed by atoms with Crippen LogP contribution in [-0.2, 0) is 0 Å². The van der Waals surface area contributed by atoms with Crippen LogP contribution in [0, 0.1) is 6.92 Å². The van der Waals surface area contributed by atoms with E-state index in [-0.39, 0.29) is 0 Å². The highest BCUT2D eigenvalue weighted by molar-refractivity contribution is 6.29. The van der Waals surface area contributed by atoms with Gasteiger partial charge in [-0.25, -0.2) is 15.0 Å². The molecule has 0 fully saturated rings. The zero-order valence-electron chi connectivity index (χ0n) is 7.61. The highest BCUT2D eigenvalue weighted by atomic mass is 35.5. The topological polar surface area (TPSA) is 38.7 Å². The third kappa shape index (κ3) is 1.88. The zero-order valence-corrected chi connectivity index (χ0v) is 8.36. The number of hydrogen-bond acceptors (Lipinski definition) is 3. The van der Waals surface area contributed by atoms with E-state index >= 15 is 0 Å². The van der Waals surface area contributed by atoms with E-state index in [1.807, 2.05) is 19.1 Å². The lowest BCUT2D eigenvalue weighted by atomic mass is 10.2. The van der Waals surface area contributed by atoms with Gasteiger partial charge in [0.15, 0.2) is 0 Å². The Labute approximate surface area is 86.8 Å². The third-order valence-corrected chi connectivity index (χ3v) is 2.05. The van der Waals surface area contributed by atoms with Gasteiger partial charge >= 0.3 is 0 Å². The first-order chi connectivity index (χ1) is 6.75. The van der Waals surface area contributed by atoms with Crippen LogP contribution in [0.1, 0.15) is 5.69 Å². The van der Waals surface area contributed by atoms with Gasteiger partial charge in [0.2, 0.25) is 0 Å². The monoisotopic (exact) mass is 205 g/mol.